The Balaban J connectivity index is 1.59. The summed E-state index contributed by atoms with van der Waals surface area (Å²) >= 11 is 0. The van der Waals surface area contributed by atoms with Gasteiger partial charge >= 0.3 is 12.1 Å². The van der Waals surface area contributed by atoms with E-state index in [9.17, 15) is 14.7 Å². The van der Waals surface area contributed by atoms with Gasteiger partial charge in [-0.2, -0.15) is 0 Å². The van der Waals surface area contributed by atoms with Gasteiger partial charge in [0.2, 0.25) is 0 Å². The van der Waals surface area contributed by atoms with Crippen LogP contribution in [-0.2, 0) is 16.1 Å². The van der Waals surface area contributed by atoms with Gasteiger partial charge in [-0.25, -0.2) is 4.79 Å². The second-order valence-corrected chi connectivity index (χ2v) is 5.99. The molecule has 2 bridgehead atoms. The van der Waals surface area contributed by atoms with Gasteiger partial charge in [-0.1, -0.05) is 30.3 Å². The highest BCUT2D eigenvalue weighted by Gasteiger charge is 2.45. The van der Waals surface area contributed by atoms with Gasteiger partial charge in [0.05, 0.1) is 5.92 Å². The molecular formula is C16H20N2O4. The van der Waals surface area contributed by atoms with Crippen LogP contribution in [-0.4, -0.2) is 48.2 Å². The number of carboxylic acid groups (broad SMARTS) is 1. The molecule has 2 N–H and O–H groups in total. The summed E-state index contributed by atoms with van der Waals surface area (Å²) in [6.07, 6.45) is -0.357. The minimum absolute atomic E-state index is 0.0470. The number of piperidine rings is 2. The zero-order valence-electron chi connectivity index (χ0n) is 12.3. The van der Waals surface area contributed by atoms with Crippen molar-refractivity contribution >= 4 is 12.1 Å². The Morgan fingerprint density at radius 2 is 1.82 bits per heavy atom. The van der Waals surface area contributed by atoms with Crippen molar-refractivity contribution in [2.75, 3.05) is 26.2 Å². The summed E-state index contributed by atoms with van der Waals surface area (Å²) in [7, 11) is 0. The second kappa shape index (κ2) is 6.36. The fourth-order valence-corrected chi connectivity index (χ4v) is 3.45. The largest absolute Gasteiger partial charge is 0.481 e. The lowest BCUT2D eigenvalue weighted by Crippen LogP contribution is -2.59. The number of rotatable bonds is 3. The lowest BCUT2D eigenvalue weighted by Gasteiger charge is -2.45. The number of nitrogens with one attached hydrogen (secondary N) is 1. The number of ether oxygens (including phenoxy) is 1. The van der Waals surface area contributed by atoms with Crippen molar-refractivity contribution in [3.8, 4) is 0 Å². The first-order chi connectivity index (χ1) is 10.6. The minimum atomic E-state index is -0.756. The van der Waals surface area contributed by atoms with Gasteiger partial charge in [-0.15, -0.1) is 0 Å². The molecule has 0 spiro atoms. The number of benzene rings is 1. The maximum atomic E-state index is 12.2. The van der Waals surface area contributed by atoms with E-state index in [0.29, 0.717) is 26.2 Å². The molecular weight excluding hydrogens is 284 g/mol. The molecule has 0 aliphatic carbocycles. The third kappa shape index (κ3) is 3.06. The molecule has 22 heavy (non-hydrogen) atoms. The monoisotopic (exact) mass is 304 g/mol. The van der Waals surface area contributed by atoms with Gasteiger partial charge in [0.25, 0.3) is 0 Å². The lowest BCUT2D eigenvalue weighted by molar-refractivity contribution is -0.150. The van der Waals surface area contributed by atoms with Crippen LogP contribution in [0, 0.1) is 17.8 Å². The first-order valence-corrected chi connectivity index (χ1v) is 7.54. The number of carbonyl (C=O) groups is 2. The number of hydrogen-bond acceptors (Lipinski definition) is 4. The van der Waals surface area contributed by atoms with Crippen molar-refractivity contribution in [1.82, 2.24) is 10.2 Å². The van der Waals surface area contributed by atoms with Crippen LogP contribution in [0.5, 0.6) is 0 Å². The highest BCUT2D eigenvalue weighted by Crippen LogP contribution is 2.31. The van der Waals surface area contributed by atoms with E-state index in [4.69, 9.17) is 4.74 Å². The van der Waals surface area contributed by atoms with Crippen LogP contribution in [0.4, 0.5) is 4.79 Å². The topological polar surface area (TPSA) is 78.9 Å². The normalized spacial score (nSPS) is 27.3. The number of nitrogens with zero attached hydrogens (tertiary/aromatic N) is 1. The smallest absolute Gasteiger partial charge is 0.410 e. The van der Waals surface area contributed by atoms with Crippen molar-refractivity contribution in [2.45, 2.75) is 6.61 Å². The fourth-order valence-electron chi connectivity index (χ4n) is 3.45. The zero-order chi connectivity index (χ0) is 15.5. The molecule has 2 aliphatic heterocycles. The van der Waals surface area contributed by atoms with Crippen LogP contribution in [0.3, 0.4) is 0 Å². The van der Waals surface area contributed by atoms with Crippen LogP contribution in [0.2, 0.25) is 0 Å². The molecule has 6 nitrogen and oxygen atoms in total. The van der Waals surface area contributed by atoms with Crippen LogP contribution in [0.25, 0.3) is 0 Å². The number of hydrogen-bond donors (Lipinski definition) is 2. The number of amides is 1. The van der Waals surface area contributed by atoms with Gasteiger partial charge < -0.3 is 20.1 Å². The molecule has 6 heteroatoms. The molecule has 2 heterocycles. The second-order valence-electron chi connectivity index (χ2n) is 5.99. The molecule has 2 aliphatic rings. The SMILES string of the molecule is O=C(O)C1C2CNCC1CN(C(=O)OCc1ccccc1)C2. The van der Waals surface area contributed by atoms with Crippen LogP contribution in [0.15, 0.2) is 30.3 Å². The van der Waals surface area contributed by atoms with E-state index in [1.807, 2.05) is 30.3 Å². The number of carbonyl (C=O) groups excluding carboxylic acids is 1. The van der Waals surface area contributed by atoms with Crippen molar-refractivity contribution in [3.63, 3.8) is 0 Å². The number of fused-ring (bicyclic) bond motifs is 2. The standard InChI is InChI=1S/C16H20N2O4/c19-15(20)14-12-6-17-7-13(14)9-18(8-12)16(21)22-10-11-4-2-1-3-5-11/h1-5,12-14,17H,6-10H2,(H,19,20). The first kappa shape index (κ1) is 14.8. The first-order valence-electron chi connectivity index (χ1n) is 7.54. The van der Waals surface area contributed by atoms with E-state index >= 15 is 0 Å². The van der Waals surface area contributed by atoms with E-state index in [-0.39, 0.29) is 30.5 Å². The van der Waals surface area contributed by atoms with Crippen molar-refractivity contribution in [1.29, 1.82) is 0 Å². The molecule has 0 radical (unpaired) electrons. The third-order valence-electron chi connectivity index (χ3n) is 4.49. The quantitative estimate of drug-likeness (QED) is 0.876. The lowest BCUT2D eigenvalue weighted by atomic mass is 9.75. The Morgan fingerprint density at radius 3 is 2.41 bits per heavy atom. The molecule has 2 fully saturated rings. The summed E-state index contributed by atoms with van der Waals surface area (Å²) in [5, 5.41) is 12.6. The molecule has 0 aromatic heterocycles. The van der Waals surface area contributed by atoms with E-state index in [0.717, 1.165) is 5.56 Å². The molecule has 3 rings (SSSR count). The molecule has 2 saturated heterocycles. The van der Waals surface area contributed by atoms with E-state index in [1.165, 1.54) is 0 Å². The van der Waals surface area contributed by atoms with Gasteiger partial charge in [0, 0.05) is 38.0 Å². The molecule has 2 atom stereocenters. The highest BCUT2D eigenvalue weighted by molar-refractivity contribution is 5.73. The average molecular weight is 304 g/mol. The Bertz CT molecular complexity index is 534. The Labute approximate surface area is 129 Å². The molecule has 1 amide bonds. The maximum Gasteiger partial charge on any atom is 0.410 e. The number of aliphatic carboxylic acids is 1. The zero-order valence-corrected chi connectivity index (χ0v) is 12.3. The minimum Gasteiger partial charge on any atom is -0.481 e. The Hall–Kier alpha value is -2.08. The van der Waals surface area contributed by atoms with Gasteiger partial charge in [0.1, 0.15) is 6.61 Å². The Kier molecular flexibility index (Phi) is 4.29. The third-order valence-corrected chi connectivity index (χ3v) is 4.49. The number of likely N-dealkylation sites (tertiary alicyclic amines) is 1. The molecule has 118 valence electrons. The Morgan fingerprint density at radius 1 is 1.18 bits per heavy atom. The summed E-state index contributed by atoms with van der Waals surface area (Å²) in [6.45, 7) is 2.39. The van der Waals surface area contributed by atoms with Gasteiger partial charge in [0.15, 0.2) is 0 Å². The maximum absolute atomic E-state index is 12.2. The predicted octanol–water partition coefficient (Wildman–Crippen LogP) is 1.18. The summed E-state index contributed by atoms with van der Waals surface area (Å²) < 4.78 is 5.35. The van der Waals surface area contributed by atoms with Crippen LogP contribution in [0.1, 0.15) is 5.56 Å². The summed E-state index contributed by atoms with van der Waals surface area (Å²) in [5.74, 6) is -1.21. The van der Waals surface area contributed by atoms with Crippen molar-refractivity contribution in [3.05, 3.63) is 35.9 Å². The van der Waals surface area contributed by atoms with Crippen molar-refractivity contribution in [2.24, 2.45) is 17.8 Å². The van der Waals surface area contributed by atoms with E-state index in [1.54, 1.807) is 4.90 Å². The molecule has 1 aromatic carbocycles. The van der Waals surface area contributed by atoms with Crippen LogP contribution < -0.4 is 5.32 Å². The highest BCUT2D eigenvalue weighted by atomic mass is 16.6. The summed E-state index contributed by atoms with van der Waals surface area (Å²) in [6, 6.07) is 9.52. The molecule has 1 aromatic rings. The van der Waals surface area contributed by atoms with Crippen molar-refractivity contribution < 1.29 is 19.4 Å². The van der Waals surface area contributed by atoms with E-state index in [2.05, 4.69) is 5.32 Å². The van der Waals surface area contributed by atoms with Gasteiger partial charge in [-0.05, 0) is 5.56 Å². The number of carboxylic acids is 1. The predicted molar refractivity (Wildman–Crippen MR) is 79.2 cm³/mol. The van der Waals surface area contributed by atoms with Gasteiger partial charge in [-0.3, -0.25) is 4.79 Å². The molecule has 0 saturated carbocycles. The molecule has 2 unspecified atom stereocenters. The summed E-state index contributed by atoms with van der Waals surface area (Å²) in [5.41, 5.74) is 0.943. The summed E-state index contributed by atoms with van der Waals surface area (Å²) in [4.78, 5) is 25.3. The van der Waals surface area contributed by atoms with E-state index < -0.39 is 5.97 Å². The van der Waals surface area contributed by atoms with Crippen LogP contribution >= 0.6 is 0 Å². The average Bonchev–Trinajstić information content (AvgIpc) is 2.52. The fraction of sp³-hybridized carbons (Fsp3) is 0.500.